The third kappa shape index (κ3) is 1.59. The lowest BCUT2D eigenvalue weighted by molar-refractivity contribution is 0.269. The van der Waals surface area contributed by atoms with E-state index in [1.54, 1.807) is 12.1 Å². The Hall–Kier alpha value is -1.48. The lowest BCUT2D eigenvalue weighted by Gasteiger charge is -2.13. The molecule has 0 radical (unpaired) electrons. The van der Waals surface area contributed by atoms with E-state index in [2.05, 4.69) is 13.8 Å². The molecule has 0 amide bonds. The van der Waals surface area contributed by atoms with Crippen LogP contribution in [0.25, 0.3) is 10.9 Å². The molecule has 0 bridgehead atoms. The van der Waals surface area contributed by atoms with Crippen LogP contribution in [-0.4, -0.2) is 14.8 Å². The number of aromatic hydroxyl groups is 1. The fourth-order valence-electron chi connectivity index (χ4n) is 2.00. The molecule has 0 atom stereocenters. The maximum Gasteiger partial charge on any atom is 0.117 e. The van der Waals surface area contributed by atoms with E-state index in [1.807, 2.05) is 16.7 Å². The molecular formula is C12H15NO2. The number of hydrogen-bond acceptors (Lipinski definition) is 2. The molecule has 15 heavy (non-hydrogen) atoms. The number of fused-ring (bicyclic) bond motifs is 1. The van der Waals surface area contributed by atoms with E-state index in [0.29, 0.717) is 0 Å². The molecule has 2 rings (SSSR count). The molecule has 2 N–H and O–H groups in total. The summed E-state index contributed by atoms with van der Waals surface area (Å²) in [6.45, 7) is 4.14. The van der Waals surface area contributed by atoms with E-state index < -0.39 is 0 Å². The summed E-state index contributed by atoms with van der Waals surface area (Å²) in [6, 6.07) is 7.48. The van der Waals surface area contributed by atoms with E-state index >= 15 is 0 Å². The molecule has 1 heterocycles. The molecule has 0 unspecified atom stereocenters. The van der Waals surface area contributed by atoms with E-state index in [0.717, 1.165) is 16.6 Å². The number of aliphatic hydroxyl groups excluding tert-OH is 1. The van der Waals surface area contributed by atoms with Gasteiger partial charge in [0.15, 0.2) is 0 Å². The summed E-state index contributed by atoms with van der Waals surface area (Å²) in [6.07, 6.45) is 0. The SMILES string of the molecule is CC(C)n1c(CO)cc2ccc(O)cc21. The van der Waals surface area contributed by atoms with E-state index in [1.165, 1.54) is 0 Å². The van der Waals surface area contributed by atoms with Crippen molar-refractivity contribution >= 4 is 10.9 Å². The summed E-state index contributed by atoms with van der Waals surface area (Å²) in [4.78, 5) is 0. The number of rotatable bonds is 2. The van der Waals surface area contributed by atoms with Crippen LogP contribution in [0.2, 0.25) is 0 Å². The number of nitrogens with zero attached hydrogens (tertiary/aromatic N) is 1. The summed E-state index contributed by atoms with van der Waals surface area (Å²) < 4.78 is 2.04. The minimum atomic E-state index is 0.0215. The normalized spacial score (nSPS) is 11.5. The molecule has 2 aromatic rings. The molecule has 0 fully saturated rings. The van der Waals surface area contributed by atoms with Gasteiger partial charge in [0.25, 0.3) is 0 Å². The number of hydrogen-bond donors (Lipinski definition) is 2. The van der Waals surface area contributed by atoms with Crippen LogP contribution in [0.15, 0.2) is 24.3 Å². The van der Waals surface area contributed by atoms with Crippen molar-refractivity contribution in [2.75, 3.05) is 0 Å². The van der Waals surface area contributed by atoms with Crippen molar-refractivity contribution < 1.29 is 10.2 Å². The zero-order valence-corrected chi connectivity index (χ0v) is 8.94. The van der Waals surface area contributed by atoms with Crippen molar-refractivity contribution in [2.24, 2.45) is 0 Å². The van der Waals surface area contributed by atoms with Crippen LogP contribution in [-0.2, 0) is 6.61 Å². The van der Waals surface area contributed by atoms with Crippen molar-refractivity contribution in [3.05, 3.63) is 30.0 Å². The van der Waals surface area contributed by atoms with E-state index in [4.69, 9.17) is 0 Å². The fraction of sp³-hybridized carbons (Fsp3) is 0.333. The Morgan fingerprint density at radius 2 is 2.00 bits per heavy atom. The lowest BCUT2D eigenvalue weighted by atomic mass is 10.2. The number of aliphatic hydroxyl groups is 1. The highest BCUT2D eigenvalue weighted by atomic mass is 16.3. The molecule has 3 nitrogen and oxygen atoms in total. The van der Waals surface area contributed by atoms with Crippen molar-refractivity contribution in [1.82, 2.24) is 4.57 Å². The second-order valence-electron chi connectivity index (χ2n) is 4.00. The predicted molar refractivity (Wildman–Crippen MR) is 59.9 cm³/mol. The average molecular weight is 205 g/mol. The maximum atomic E-state index is 9.44. The first-order valence-corrected chi connectivity index (χ1v) is 5.07. The van der Waals surface area contributed by atoms with Gasteiger partial charge in [-0.05, 0) is 32.0 Å². The van der Waals surface area contributed by atoms with Gasteiger partial charge in [-0.3, -0.25) is 0 Å². The third-order valence-corrected chi connectivity index (χ3v) is 2.58. The fourth-order valence-corrected chi connectivity index (χ4v) is 2.00. The molecule has 0 saturated carbocycles. The Morgan fingerprint density at radius 3 is 2.60 bits per heavy atom. The van der Waals surface area contributed by atoms with E-state index in [-0.39, 0.29) is 18.4 Å². The predicted octanol–water partition coefficient (Wildman–Crippen LogP) is 2.42. The highest BCUT2D eigenvalue weighted by molar-refractivity contribution is 5.82. The molecule has 1 aromatic heterocycles. The Morgan fingerprint density at radius 1 is 1.27 bits per heavy atom. The summed E-state index contributed by atoms with van der Waals surface area (Å²) in [5.74, 6) is 0.256. The third-order valence-electron chi connectivity index (χ3n) is 2.58. The van der Waals surface area contributed by atoms with Gasteiger partial charge in [0.1, 0.15) is 5.75 Å². The largest absolute Gasteiger partial charge is 0.508 e. The zero-order valence-electron chi connectivity index (χ0n) is 8.94. The Balaban J connectivity index is 2.76. The van der Waals surface area contributed by atoms with Gasteiger partial charge in [-0.2, -0.15) is 0 Å². The number of phenolic OH excluding ortho intramolecular Hbond substituents is 1. The summed E-state index contributed by atoms with van der Waals surface area (Å²) >= 11 is 0. The van der Waals surface area contributed by atoms with Gasteiger partial charge >= 0.3 is 0 Å². The smallest absolute Gasteiger partial charge is 0.117 e. The van der Waals surface area contributed by atoms with Gasteiger partial charge in [0.2, 0.25) is 0 Å². The number of aromatic nitrogens is 1. The average Bonchev–Trinajstić information content (AvgIpc) is 2.55. The minimum Gasteiger partial charge on any atom is -0.508 e. The van der Waals surface area contributed by atoms with Crippen LogP contribution < -0.4 is 0 Å². The van der Waals surface area contributed by atoms with Crippen molar-refractivity contribution in [3.63, 3.8) is 0 Å². The molecule has 0 aliphatic carbocycles. The van der Waals surface area contributed by atoms with Crippen LogP contribution in [0.4, 0.5) is 0 Å². The summed E-state index contributed by atoms with van der Waals surface area (Å²) in [5, 5.41) is 19.7. The highest BCUT2D eigenvalue weighted by Crippen LogP contribution is 2.27. The Bertz CT molecular complexity index is 486. The first kappa shape index (κ1) is 10.1. The van der Waals surface area contributed by atoms with Crippen LogP contribution >= 0.6 is 0 Å². The summed E-state index contributed by atoms with van der Waals surface area (Å²) in [7, 11) is 0. The highest BCUT2D eigenvalue weighted by Gasteiger charge is 2.10. The van der Waals surface area contributed by atoms with Gasteiger partial charge in [0, 0.05) is 23.2 Å². The zero-order chi connectivity index (χ0) is 11.0. The van der Waals surface area contributed by atoms with E-state index in [9.17, 15) is 10.2 Å². The van der Waals surface area contributed by atoms with Crippen molar-refractivity contribution in [2.45, 2.75) is 26.5 Å². The molecule has 0 spiro atoms. The monoisotopic (exact) mass is 205 g/mol. The Kier molecular flexibility index (Phi) is 2.40. The Labute approximate surface area is 88.6 Å². The standard InChI is InChI=1S/C12H15NO2/c1-8(2)13-10(7-14)5-9-3-4-11(15)6-12(9)13/h3-6,8,14-15H,7H2,1-2H3. The summed E-state index contributed by atoms with van der Waals surface area (Å²) in [5.41, 5.74) is 1.85. The van der Waals surface area contributed by atoms with Gasteiger partial charge < -0.3 is 14.8 Å². The minimum absolute atomic E-state index is 0.0215. The van der Waals surface area contributed by atoms with Crippen molar-refractivity contribution in [3.8, 4) is 5.75 Å². The first-order chi connectivity index (χ1) is 7.13. The first-order valence-electron chi connectivity index (χ1n) is 5.07. The molecule has 3 heteroatoms. The molecule has 0 aliphatic heterocycles. The number of benzene rings is 1. The van der Waals surface area contributed by atoms with Gasteiger partial charge in [-0.1, -0.05) is 0 Å². The molecular weight excluding hydrogens is 190 g/mol. The van der Waals surface area contributed by atoms with Gasteiger partial charge in [0.05, 0.1) is 12.1 Å². The van der Waals surface area contributed by atoms with Crippen LogP contribution in [0.3, 0.4) is 0 Å². The van der Waals surface area contributed by atoms with Gasteiger partial charge in [-0.25, -0.2) is 0 Å². The number of phenols is 1. The van der Waals surface area contributed by atoms with Crippen LogP contribution in [0, 0.1) is 0 Å². The lowest BCUT2D eigenvalue weighted by Crippen LogP contribution is -2.04. The second-order valence-corrected chi connectivity index (χ2v) is 4.00. The topological polar surface area (TPSA) is 45.4 Å². The maximum absolute atomic E-state index is 9.44. The van der Waals surface area contributed by atoms with Gasteiger partial charge in [-0.15, -0.1) is 0 Å². The molecule has 1 aromatic carbocycles. The molecule has 0 saturated heterocycles. The van der Waals surface area contributed by atoms with Crippen LogP contribution in [0.1, 0.15) is 25.6 Å². The molecule has 0 aliphatic rings. The van der Waals surface area contributed by atoms with Crippen molar-refractivity contribution in [1.29, 1.82) is 0 Å². The second kappa shape index (κ2) is 3.59. The molecule has 80 valence electrons. The van der Waals surface area contributed by atoms with Crippen LogP contribution in [0.5, 0.6) is 5.75 Å². The quantitative estimate of drug-likeness (QED) is 0.790.